The first-order valence-electron chi connectivity index (χ1n) is 8.10. The highest BCUT2D eigenvalue weighted by Gasteiger charge is 2.33. The van der Waals surface area contributed by atoms with Gasteiger partial charge in [0.25, 0.3) is 0 Å². The first kappa shape index (κ1) is 15.3. The molecule has 0 amide bonds. The molecule has 2 heterocycles. The average molecular weight is 268 g/mol. The Morgan fingerprint density at radius 1 is 1.21 bits per heavy atom. The van der Waals surface area contributed by atoms with Crippen LogP contribution >= 0.6 is 0 Å². The van der Waals surface area contributed by atoms with Crippen molar-refractivity contribution in [1.82, 2.24) is 10.6 Å². The van der Waals surface area contributed by atoms with E-state index in [9.17, 15) is 0 Å². The minimum Gasteiger partial charge on any atom is -0.381 e. The van der Waals surface area contributed by atoms with Gasteiger partial charge < -0.3 is 15.4 Å². The summed E-state index contributed by atoms with van der Waals surface area (Å²) in [5, 5.41) is 7.44. The van der Waals surface area contributed by atoms with E-state index in [1.54, 1.807) is 0 Å². The summed E-state index contributed by atoms with van der Waals surface area (Å²) in [7, 11) is 0. The van der Waals surface area contributed by atoms with Crippen LogP contribution < -0.4 is 10.6 Å². The van der Waals surface area contributed by atoms with Crippen molar-refractivity contribution in [1.29, 1.82) is 0 Å². The third-order valence-corrected chi connectivity index (χ3v) is 5.48. The van der Waals surface area contributed by atoms with Gasteiger partial charge >= 0.3 is 0 Å². The van der Waals surface area contributed by atoms with Crippen LogP contribution in [0.15, 0.2) is 0 Å². The van der Waals surface area contributed by atoms with Gasteiger partial charge in [-0.25, -0.2) is 0 Å². The third kappa shape index (κ3) is 3.93. The van der Waals surface area contributed by atoms with Crippen molar-refractivity contribution in [3.63, 3.8) is 0 Å². The highest BCUT2D eigenvalue weighted by Crippen LogP contribution is 2.34. The second-order valence-corrected chi connectivity index (χ2v) is 7.20. The normalized spacial score (nSPS) is 30.2. The third-order valence-electron chi connectivity index (χ3n) is 5.48. The molecule has 0 radical (unpaired) electrons. The van der Waals surface area contributed by atoms with Crippen molar-refractivity contribution in [3.05, 3.63) is 0 Å². The average Bonchev–Trinajstić information content (AvgIpc) is 2.41. The van der Waals surface area contributed by atoms with Gasteiger partial charge in [-0.15, -0.1) is 0 Å². The molecule has 2 aliphatic rings. The van der Waals surface area contributed by atoms with Gasteiger partial charge in [0.15, 0.2) is 0 Å². The molecule has 2 aliphatic heterocycles. The lowest BCUT2D eigenvalue weighted by molar-refractivity contribution is 0.0119. The van der Waals surface area contributed by atoms with E-state index in [4.69, 9.17) is 4.74 Å². The van der Waals surface area contributed by atoms with Crippen molar-refractivity contribution in [2.75, 3.05) is 32.8 Å². The fourth-order valence-corrected chi connectivity index (χ4v) is 3.56. The van der Waals surface area contributed by atoms with Crippen LogP contribution in [-0.2, 0) is 4.74 Å². The molecular weight excluding hydrogens is 236 g/mol. The number of hydrogen-bond donors (Lipinski definition) is 2. The zero-order valence-electron chi connectivity index (χ0n) is 13.1. The minimum absolute atomic E-state index is 0.431. The van der Waals surface area contributed by atoms with Crippen molar-refractivity contribution < 1.29 is 4.74 Å². The van der Waals surface area contributed by atoms with Crippen molar-refractivity contribution >= 4 is 0 Å². The maximum atomic E-state index is 5.52. The molecule has 0 aromatic carbocycles. The van der Waals surface area contributed by atoms with Gasteiger partial charge in [0, 0.05) is 32.3 Å². The Labute approximate surface area is 118 Å². The molecule has 112 valence electrons. The first-order valence-corrected chi connectivity index (χ1v) is 8.10. The van der Waals surface area contributed by atoms with Crippen LogP contribution in [0.3, 0.4) is 0 Å². The Morgan fingerprint density at radius 3 is 2.58 bits per heavy atom. The molecular formula is C16H32N2O. The number of piperidine rings is 1. The number of rotatable bonds is 5. The summed E-state index contributed by atoms with van der Waals surface area (Å²) in [5.41, 5.74) is 0.914. The smallest absolute Gasteiger partial charge is 0.0471 e. The van der Waals surface area contributed by atoms with E-state index in [-0.39, 0.29) is 0 Å². The van der Waals surface area contributed by atoms with E-state index >= 15 is 0 Å². The lowest BCUT2D eigenvalue weighted by atomic mass is 9.76. The zero-order valence-corrected chi connectivity index (χ0v) is 13.1. The predicted molar refractivity (Wildman–Crippen MR) is 80.5 cm³/mol. The van der Waals surface area contributed by atoms with E-state index < -0.39 is 0 Å². The SMILES string of the molecule is CCC1(CNCC2NCCCC2(C)C)CCOCC1. The van der Waals surface area contributed by atoms with Crippen LogP contribution in [0.4, 0.5) is 0 Å². The maximum absolute atomic E-state index is 5.52. The molecule has 0 aliphatic carbocycles. The molecule has 0 aromatic heterocycles. The maximum Gasteiger partial charge on any atom is 0.0471 e. The summed E-state index contributed by atoms with van der Waals surface area (Å²) in [6, 6.07) is 0.620. The van der Waals surface area contributed by atoms with Gasteiger partial charge in [0.05, 0.1) is 0 Å². The van der Waals surface area contributed by atoms with Gasteiger partial charge in [-0.1, -0.05) is 20.8 Å². The Balaban J connectivity index is 1.78. The van der Waals surface area contributed by atoms with Gasteiger partial charge in [-0.3, -0.25) is 0 Å². The molecule has 0 saturated carbocycles. The van der Waals surface area contributed by atoms with E-state index in [0.29, 0.717) is 16.9 Å². The van der Waals surface area contributed by atoms with E-state index in [2.05, 4.69) is 31.4 Å². The summed E-state index contributed by atoms with van der Waals surface area (Å²) in [6.07, 6.45) is 6.37. The van der Waals surface area contributed by atoms with Crippen LogP contribution in [0.1, 0.15) is 52.9 Å². The quantitative estimate of drug-likeness (QED) is 0.804. The van der Waals surface area contributed by atoms with Crippen molar-refractivity contribution in [2.24, 2.45) is 10.8 Å². The first-order chi connectivity index (χ1) is 9.08. The molecule has 0 spiro atoms. The van der Waals surface area contributed by atoms with Crippen LogP contribution in [0.5, 0.6) is 0 Å². The number of nitrogens with one attached hydrogen (secondary N) is 2. The molecule has 2 rings (SSSR count). The standard InChI is InChI=1S/C16H32N2O/c1-4-16(7-10-19-11-8-16)13-17-12-14-15(2,3)6-5-9-18-14/h14,17-18H,4-13H2,1-3H3. The molecule has 2 fully saturated rings. The predicted octanol–water partition coefficient (Wildman–Crippen LogP) is 2.56. The summed E-state index contributed by atoms with van der Waals surface area (Å²) in [5.74, 6) is 0. The lowest BCUT2D eigenvalue weighted by Crippen LogP contribution is -2.53. The highest BCUT2D eigenvalue weighted by atomic mass is 16.5. The van der Waals surface area contributed by atoms with Crippen LogP contribution in [0.25, 0.3) is 0 Å². The fraction of sp³-hybridized carbons (Fsp3) is 1.00. The van der Waals surface area contributed by atoms with Gasteiger partial charge in [0.1, 0.15) is 0 Å². The van der Waals surface area contributed by atoms with E-state index in [1.807, 2.05) is 0 Å². The van der Waals surface area contributed by atoms with E-state index in [0.717, 1.165) is 26.3 Å². The van der Waals surface area contributed by atoms with Gasteiger partial charge in [-0.05, 0) is 49.5 Å². The Hall–Kier alpha value is -0.120. The second-order valence-electron chi connectivity index (χ2n) is 7.20. The molecule has 2 N–H and O–H groups in total. The van der Waals surface area contributed by atoms with Crippen molar-refractivity contribution in [2.45, 2.75) is 58.9 Å². The molecule has 0 aromatic rings. The summed E-state index contributed by atoms with van der Waals surface area (Å²) < 4.78 is 5.52. The summed E-state index contributed by atoms with van der Waals surface area (Å²) >= 11 is 0. The topological polar surface area (TPSA) is 33.3 Å². The second kappa shape index (κ2) is 6.55. The summed E-state index contributed by atoms with van der Waals surface area (Å²) in [4.78, 5) is 0. The minimum atomic E-state index is 0.431. The molecule has 3 nitrogen and oxygen atoms in total. The monoisotopic (exact) mass is 268 g/mol. The molecule has 19 heavy (non-hydrogen) atoms. The highest BCUT2D eigenvalue weighted by molar-refractivity contribution is 4.91. The zero-order chi connectivity index (χ0) is 13.8. The molecule has 1 atom stereocenters. The summed E-state index contributed by atoms with van der Waals surface area (Å²) in [6.45, 7) is 12.5. The molecule has 3 heteroatoms. The van der Waals surface area contributed by atoms with Gasteiger partial charge in [0.2, 0.25) is 0 Å². The molecule has 2 saturated heterocycles. The fourth-order valence-electron chi connectivity index (χ4n) is 3.56. The van der Waals surface area contributed by atoms with Gasteiger partial charge in [-0.2, -0.15) is 0 Å². The molecule has 1 unspecified atom stereocenters. The Bertz CT molecular complexity index is 272. The van der Waals surface area contributed by atoms with Crippen LogP contribution in [0.2, 0.25) is 0 Å². The Morgan fingerprint density at radius 2 is 1.95 bits per heavy atom. The number of ether oxygens (including phenoxy) is 1. The van der Waals surface area contributed by atoms with Crippen LogP contribution in [0, 0.1) is 10.8 Å². The molecule has 0 bridgehead atoms. The van der Waals surface area contributed by atoms with E-state index in [1.165, 1.54) is 38.6 Å². The lowest BCUT2D eigenvalue weighted by Gasteiger charge is -2.41. The Kier molecular flexibility index (Phi) is 5.27. The van der Waals surface area contributed by atoms with Crippen LogP contribution in [-0.4, -0.2) is 38.9 Å². The van der Waals surface area contributed by atoms with Crippen molar-refractivity contribution in [3.8, 4) is 0 Å². The largest absolute Gasteiger partial charge is 0.381 e. The number of hydrogen-bond acceptors (Lipinski definition) is 3.